The van der Waals surface area contributed by atoms with Crippen LogP contribution in [0.3, 0.4) is 0 Å². The number of hydrogen-bond donors (Lipinski definition) is 2. The second kappa shape index (κ2) is 7.86. The van der Waals surface area contributed by atoms with E-state index in [1.54, 1.807) is 29.5 Å². The van der Waals surface area contributed by atoms with E-state index in [4.69, 9.17) is 27.9 Å². The van der Waals surface area contributed by atoms with Gasteiger partial charge in [-0.3, -0.25) is 0 Å². The number of hydrogen-bond acceptors (Lipinski definition) is 4. The number of aliphatic hydroxyl groups is 1. The average Bonchev–Trinajstić information content (AvgIpc) is 2.91. The molecule has 2 N–H and O–H groups in total. The van der Waals surface area contributed by atoms with Crippen LogP contribution < -0.4 is 10.1 Å². The van der Waals surface area contributed by atoms with Crippen LogP contribution in [0.5, 0.6) is 5.75 Å². The van der Waals surface area contributed by atoms with Crippen molar-refractivity contribution in [1.29, 1.82) is 0 Å². The number of aliphatic hydroxyl groups excluding tert-OH is 1. The van der Waals surface area contributed by atoms with E-state index >= 15 is 0 Å². The van der Waals surface area contributed by atoms with Crippen molar-refractivity contribution in [2.24, 2.45) is 0 Å². The lowest BCUT2D eigenvalue weighted by Gasteiger charge is -2.14. The van der Waals surface area contributed by atoms with Crippen LogP contribution in [0.1, 0.15) is 5.56 Å². The van der Waals surface area contributed by atoms with Gasteiger partial charge in [-0.05, 0) is 34.5 Å². The minimum atomic E-state index is -0.624. The lowest BCUT2D eigenvalue weighted by molar-refractivity contribution is 0.106. The Morgan fingerprint density at radius 3 is 2.65 bits per heavy atom. The summed E-state index contributed by atoms with van der Waals surface area (Å²) in [6, 6.07) is 7.19. The first-order valence-corrected chi connectivity index (χ1v) is 7.83. The van der Waals surface area contributed by atoms with Gasteiger partial charge in [0, 0.05) is 13.1 Å². The summed E-state index contributed by atoms with van der Waals surface area (Å²) >= 11 is 13.6. The van der Waals surface area contributed by atoms with Crippen molar-refractivity contribution in [2.45, 2.75) is 12.6 Å². The fourth-order valence-corrected chi connectivity index (χ4v) is 2.81. The Labute approximate surface area is 132 Å². The Bertz CT molecular complexity index is 514. The molecule has 0 amide bonds. The van der Waals surface area contributed by atoms with E-state index in [0.717, 1.165) is 6.54 Å². The number of nitrogens with one attached hydrogen (secondary N) is 1. The molecule has 6 heteroatoms. The van der Waals surface area contributed by atoms with Gasteiger partial charge in [-0.25, -0.2) is 0 Å². The minimum absolute atomic E-state index is 0.139. The third kappa shape index (κ3) is 4.65. The quantitative estimate of drug-likeness (QED) is 0.814. The summed E-state index contributed by atoms with van der Waals surface area (Å²) in [5.41, 5.74) is 1.21. The molecule has 0 aliphatic rings. The Balaban J connectivity index is 1.73. The fourth-order valence-electron chi connectivity index (χ4n) is 1.64. The maximum Gasteiger partial charge on any atom is 0.156 e. The third-order valence-electron chi connectivity index (χ3n) is 2.63. The van der Waals surface area contributed by atoms with Gasteiger partial charge < -0.3 is 15.2 Å². The fraction of sp³-hybridized carbons (Fsp3) is 0.286. The SMILES string of the molecule is OC(CNCc1ccsc1)COc1c(Cl)cccc1Cl. The van der Waals surface area contributed by atoms with Crippen molar-refractivity contribution >= 4 is 34.5 Å². The minimum Gasteiger partial charge on any atom is -0.488 e. The molecule has 0 aliphatic carbocycles. The largest absolute Gasteiger partial charge is 0.488 e. The highest BCUT2D eigenvalue weighted by atomic mass is 35.5. The molecule has 0 saturated heterocycles. The second-order valence-corrected chi connectivity index (χ2v) is 5.87. The van der Waals surface area contributed by atoms with E-state index in [1.165, 1.54) is 5.56 Å². The summed E-state index contributed by atoms with van der Waals surface area (Å²) in [6.45, 7) is 1.31. The monoisotopic (exact) mass is 331 g/mol. The highest BCUT2D eigenvalue weighted by molar-refractivity contribution is 7.07. The Morgan fingerprint density at radius 2 is 2.00 bits per heavy atom. The third-order valence-corrected chi connectivity index (χ3v) is 3.96. The number of rotatable bonds is 7. The number of ether oxygens (including phenoxy) is 1. The van der Waals surface area contributed by atoms with E-state index in [-0.39, 0.29) is 6.61 Å². The molecular weight excluding hydrogens is 317 g/mol. The zero-order valence-corrected chi connectivity index (χ0v) is 13.0. The van der Waals surface area contributed by atoms with Crippen molar-refractivity contribution in [1.82, 2.24) is 5.32 Å². The zero-order valence-electron chi connectivity index (χ0n) is 10.7. The molecule has 0 fully saturated rings. The topological polar surface area (TPSA) is 41.5 Å². The maximum atomic E-state index is 9.85. The van der Waals surface area contributed by atoms with Gasteiger partial charge in [0.1, 0.15) is 12.7 Å². The average molecular weight is 332 g/mol. The summed E-state index contributed by atoms with van der Waals surface area (Å²) in [6.07, 6.45) is -0.624. The van der Waals surface area contributed by atoms with Gasteiger partial charge >= 0.3 is 0 Å². The van der Waals surface area contributed by atoms with Crippen molar-refractivity contribution in [2.75, 3.05) is 13.2 Å². The molecule has 0 aliphatic heterocycles. The Hall–Kier alpha value is -0.780. The molecule has 1 aromatic carbocycles. The zero-order chi connectivity index (χ0) is 14.4. The number of para-hydroxylation sites is 1. The van der Waals surface area contributed by atoms with Crippen LogP contribution in [0.2, 0.25) is 10.0 Å². The molecular formula is C14H15Cl2NO2S. The molecule has 1 unspecified atom stereocenters. The summed E-state index contributed by atoms with van der Waals surface area (Å²) in [5.74, 6) is 0.410. The summed E-state index contributed by atoms with van der Waals surface area (Å²) in [5, 5.41) is 18.0. The normalized spacial score (nSPS) is 12.3. The smallest absolute Gasteiger partial charge is 0.156 e. The predicted octanol–water partition coefficient (Wildman–Crippen LogP) is 3.58. The highest BCUT2D eigenvalue weighted by Crippen LogP contribution is 2.32. The van der Waals surface area contributed by atoms with E-state index in [1.807, 2.05) is 11.4 Å². The van der Waals surface area contributed by atoms with Gasteiger partial charge in [-0.15, -0.1) is 0 Å². The molecule has 0 bridgehead atoms. The first-order chi connectivity index (χ1) is 9.66. The molecule has 108 valence electrons. The Kier molecular flexibility index (Phi) is 6.13. The molecule has 20 heavy (non-hydrogen) atoms. The van der Waals surface area contributed by atoms with E-state index in [2.05, 4.69) is 10.7 Å². The van der Waals surface area contributed by atoms with Crippen LogP contribution >= 0.6 is 34.5 Å². The first kappa shape index (κ1) is 15.6. The standard InChI is InChI=1S/C14H15Cl2NO2S/c15-12-2-1-3-13(16)14(12)19-8-11(18)7-17-6-10-4-5-20-9-10/h1-5,9,11,17-18H,6-8H2. The highest BCUT2D eigenvalue weighted by Gasteiger charge is 2.10. The molecule has 0 radical (unpaired) electrons. The second-order valence-electron chi connectivity index (χ2n) is 4.28. The number of halogens is 2. The predicted molar refractivity (Wildman–Crippen MR) is 84.0 cm³/mol. The van der Waals surface area contributed by atoms with Gasteiger partial charge in [0.05, 0.1) is 10.0 Å². The van der Waals surface area contributed by atoms with Crippen LogP contribution in [0.25, 0.3) is 0 Å². The molecule has 0 saturated carbocycles. The number of benzene rings is 1. The summed E-state index contributed by atoms with van der Waals surface area (Å²) in [7, 11) is 0. The van der Waals surface area contributed by atoms with Gasteiger partial charge in [-0.1, -0.05) is 29.3 Å². The maximum absolute atomic E-state index is 9.85. The summed E-state index contributed by atoms with van der Waals surface area (Å²) in [4.78, 5) is 0. The molecule has 2 aromatic rings. The van der Waals surface area contributed by atoms with Crippen molar-refractivity contribution in [3.8, 4) is 5.75 Å². The molecule has 1 atom stereocenters. The molecule has 0 spiro atoms. The van der Waals surface area contributed by atoms with E-state index in [0.29, 0.717) is 22.3 Å². The Morgan fingerprint density at radius 1 is 1.25 bits per heavy atom. The molecule has 1 heterocycles. The van der Waals surface area contributed by atoms with Gasteiger partial charge in [-0.2, -0.15) is 11.3 Å². The molecule has 1 aromatic heterocycles. The number of thiophene rings is 1. The van der Waals surface area contributed by atoms with Crippen molar-refractivity contribution in [3.63, 3.8) is 0 Å². The van der Waals surface area contributed by atoms with Crippen LogP contribution in [0.15, 0.2) is 35.0 Å². The van der Waals surface area contributed by atoms with Gasteiger partial charge in [0.25, 0.3) is 0 Å². The van der Waals surface area contributed by atoms with Crippen molar-refractivity contribution in [3.05, 3.63) is 50.6 Å². The first-order valence-electron chi connectivity index (χ1n) is 6.13. The van der Waals surface area contributed by atoms with Crippen LogP contribution in [0, 0.1) is 0 Å². The van der Waals surface area contributed by atoms with Crippen LogP contribution in [-0.4, -0.2) is 24.4 Å². The molecule has 2 rings (SSSR count). The van der Waals surface area contributed by atoms with Crippen LogP contribution in [0.4, 0.5) is 0 Å². The van der Waals surface area contributed by atoms with Gasteiger partial charge in [0.15, 0.2) is 5.75 Å². The van der Waals surface area contributed by atoms with E-state index in [9.17, 15) is 5.11 Å². The lowest BCUT2D eigenvalue weighted by Crippen LogP contribution is -2.31. The van der Waals surface area contributed by atoms with Gasteiger partial charge in [0.2, 0.25) is 0 Å². The van der Waals surface area contributed by atoms with Crippen LogP contribution in [-0.2, 0) is 6.54 Å². The lowest BCUT2D eigenvalue weighted by atomic mass is 10.3. The van der Waals surface area contributed by atoms with Crippen molar-refractivity contribution < 1.29 is 9.84 Å². The molecule has 3 nitrogen and oxygen atoms in total. The van der Waals surface area contributed by atoms with E-state index < -0.39 is 6.10 Å². The summed E-state index contributed by atoms with van der Waals surface area (Å²) < 4.78 is 5.47.